The van der Waals surface area contributed by atoms with Crippen molar-refractivity contribution in [1.82, 2.24) is 4.90 Å². The normalized spacial score (nSPS) is 28.1. The van der Waals surface area contributed by atoms with E-state index in [1.807, 2.05) is 11.8 Å². The first-order chi connectivity index (χ1) is 7.24. The Balaban J connectivity index is 1.99. The lowest BCUT2D eigenvalue weighted by Gasteiger charge is -2.30. The summed E-state index contributed by atoms with van der Waals surface area (Å²) < 4.78 is 4.91. The second-order valence-electron chi connectivity index (χ2n) is 4.49. The van der Waals surface area contributed by atoms with E-state index in [0.717, 1.165) is 5.75 Å². The van der Waals surface area contributed by atoms with Gasteiger partial charge in [-0.05, 0) is 38.0 Å². The summed E-state index contributed by atoms with van der Waals surface area (Å²) in [5.74, 6) is 2.90. The average molecular weight is 229 g/mol. The molecule has 0 amide bonds. The average Bonchev–Trinajstić information content (AvgIpc) is 2.92. The Bertz CT molecular complexity index is 237. The van der Waals surface area contributed by atoms with Gasteiger partial charge in [0.05, 0.1) is 7.11 Å². The lowest BCUT2D eigenvalue weighted by atomic mass is 10.1. The first kappa shape index (κ1) is 11.3. The molecule has 0 spiro atoms. The van der Waals surface area contributed by atoms with Gasteiger partial charge in [0.25, 0.3) is 0 Å². The minimum absolute atomic E-state index is 0.0127. The number of rotatable bonds is 4. The van der Waals surface area contributed by atoms with Gasteiger partial charge in [-0.1, -0.05) is 0 Å². The highest BCUT2D eigenvalue weighted by Crippen LogP contribution is 2.37. The summed E-state index contributed by atoms with van der Waals surface area (Å²) in [5, 5.41) is 0. The molecular weight excluding hydrogens is 210 g/mol. The maximum absolute atomic E-state index is 11.7. The molecule has 15 heavy (non-hydrogen) atoms. The van der Waals surface area contributed by atoms with Gasteiger partial charge < -0.3 is 4.74 Å². The fourth-order valence-corrected chi connectivity index (χ4v) is 3.57. The van der Waals surface area contributed by atoms with Crippen molar-refractivity contribution in [2.45, 2.75) is 31.3 Å². The van der Waals surface area contributed by atoms with Gasteiger partial charge in [0.2, 0.25) is 0 Å². The Hall–Kier alpha value is -0.220. The van der Waals surface area contributed by atoms with Crippen molar-refractivity contribution in [3.05, 3.63) is 0 Å². The van der Waals surface area contributed by atoms with Gasteiger partial charge >= 0.3 is 5.97 Å². The van der Waals surface area contributed by atoms with E-state index in [0.29, 0.717) is 12.0 Å². The lowest BCUT2D eigenvalue weighted by Crippen LogP contribution is -2.46. The molecule has 1 saturated heterocycles. The molecule has 0 aromatic heterocycles. The molecule has 1 saturated carbocycles. The van der Waals surface area contributed by atoms with Crippen LogP contribution in [-0.4, -0.2) is 48.6 Å². The van der Waals surface area contributed by atoms with E-state index in [9.17, 15) is 4.79 Å². The largest absolute Gasteiger partial charge is 0.468 e. The molecule has 2 atom stereocenters. The molecule has 0 radical (unpaired) electrons. The van der Waals surface area contributed by atoms with Gasteiger partial charge in [-0.15, -0.1) is 0 Å². The Morgan fingerprint density at radius 2 is 2.20 bits per heavy atom. The van der Waals surface area contributed by atoms with E-state index in [1.54, 1.807) is 0 Å². The van der Waals surface area contributed by atoms with Crippen molar-refractivity contribution in [3.63, 3.8) is 0 Å². The molecule has 1 aliphatic carbocycles. The Kier molecular flexibility index (Phi) is 3.57. The van der Waals surface area contributed by atoms with Gasteiger partial charge in [0.15, 0.2) is 0 Å². The number of esters is 1. The SMILES string of the molecule is COC(=O)C(C1CC1)N(C)C1CCSC1. The first-order valence-corrected chi connectivity index (χ1v) is 6.77. The van der Waals surface area contributed by atoms with Gasteiger partial charge in [0.1, 0.15) is 6.04 Å². The zero-order valence-corrected chi connectivity index (χ0v) is 10.3. The van der Waals surface area contributed by atoms with Crippen LogP contribution in [0.5, 0.6) is 0 Å². The van der Waals surface area contributed by atoms with E-state index < -0.39 is 0 Å². The molecule has 2 unspecified atom stereocenters. The number of hydrogen-bond donors (Lipinski definition) is 0. The number of thioether (sulfide) groups is 1. The third-order valence-corrected chi connectivity index (χ3v) is 4.58. The second-order valence-corrected chi connectivity index (χ2v) is 5.64. The predicted octanol–water partition coefficient (Wildman–Crippen LogP) is 1.38. The maximum Gasteiger partial charge on any atom is 0.323 e. The fraction of sp³-hybridized carbons (Fsp3) is 0.909. The quantitative estimate of drug-likeness (QED) is 0.681. The number of likely N-dealkylation sites (N-methyl/N-ethyl adjacent to an activating group) is 1. The number of carbonyl (C=O) groups excluding carboxylic acids is 1. The highest BCUT2D eigenvalue weighted by atomic mass is 32.2. The molecule has 2 fully saturated rings. The summed E-state index contributed by atoms with van der Waals surface area (Å²) in [5.41, 5.74) is 0. The van der Waals surface area contributed by atoms with Gasteiger partial charge in [0, 0.05) is 11.8 Å². The lowest BCUT2D eigenvalue weighted by molar-refractivity contribution is -0.148. The molecule has 3 nitrogen and oxygen atoms in total. The van der Waals surface area contributed by atoms with Crippen LogP contribution < -0.4 is 0 Å². The summed E-state index contributed by atoms with van der Waals surface area (Å²) in [7, 11) is 3.57. The molecule has 1 aliphatic heterocycles. The van der Waals surface area contributed by atoms with E-state index in [2.05, 4.69) is 11.9 Å². The van der Waals surface area contributed by atoms with E-state index >= 15 is 0 Å². The number of carbonyl (C=O) groups is 1. The topological polar surface area (TPSA) is 29.5 Å². The summed E-state index contributed by atoms with van der Waals surface area (Å²) in [6.07, 6.45) is 3.58. The molecule has 2 aliphatic rings. The van der Waals surface area contributed by atoms with Crippen LogP contribution in [-0.2, 0) is 9.53 Å². The fourth-order valence-electron chi connectivity index (χ4n) is 2.29. The Morgan fingerprint density at radius 3 is 2.67 bits per heavy atom. The van der Waals surface area contributed by atoms with Crippen LogP contribution in [0.3, 0.4) is 0 Å². The van der Waals surface area contributed by atoms with Crippen molar-refractivity contribution >= 4 is 17.7 Å². The van der Waals surface area contributed by atoms with Crippen LogP contribution in [0.25, 0.3) is 0 Å². The monoisotopic (exact) mass is 229 g/mol. The molecule has 0 bridgehead atoms. The molecule has 1 heterocycles. The molecular formula is C11H19NO2S. The van der Waals surface area contributed by atoms with E-state index in [-0.39, 0.29) is 12.0 Å². The van der Waals surface area contributed by atoms with Crippen LogP contribution in [0.1, 0.15) is 19.3 Å². The summed E-state index contributed by atoms with van der Waals surface area (Å²) in [6, 6.07) is 0.582. The zero-order chi connectivity index (χ0) is 10.8. The molecule has 86 valence electrons. The number of hydrogen-bond acceptors (Lipinski definition) is 4. The molecule has 0 aromatic rings. The number of methoxy groups -OCH3 is 1. The number of nitrogens with zero attached hydrogens (tertiary/aromatic N) is 1. The van der Waals surface area contributed by atoms with Crippen molar-refractivity contribution in [2.75, 3.05) is 25.7 Å². The Morgan fingerprint density at radius 1 is 1.47 bits per heavy atom. The van der Waals surface area contributed by atoms with Crippen LogP contribution in [0.2, 0.25) is 0 Å². The molecule has 2 rings (SSSR count). The maximum atomic E-state index is 11.7. The molecule has 0 N–H and O–H groups in total. The summed E-state index contributed by atoms with van der Waals surface area (Å²) in [6.45, 7) is 0. The van der Waals surface area contributed by atoms with Gasteiger partial charge in [-0.25, -0.2) is 0 Å². The van der Waals surface area contributed by atoms with Crippen molar-refractivity contribution in [2.24, 2.45) is 5.92 Å². The van der Waals surface area contributed by atoms with Gasteiger partial charge in [-0.2, -0.15) is 11.8 Å². The van der Waals surface area contributed by atoms with Crippen LogP contribution in [0.15, 0.2) is 0 Å². The Labute approximate surface area is 95.5 Å². The number of ether oxygens (including phenoxy) is 1. The van der Waals surface area contributed by atoms with E-state index in [1.165, 1.54) is 32.1 Å². The highest BCUT2D eigenvalue weighted by Gasteiger charge is 2.42. The van der Waals surface area contributed by atoms with Crippen LogP contribution >= 0.6 is 11.8 Å². The third-order valence-electron chi connectivity index (χ3n) is 3.43. The predicted molar refractivity (Wildman–Crippen MR) is 62.0 cm³/mol. The minimum atomic E-state index is -0.0445. The zero-order valence-electron chi connectivity index (χ0n) is 9.44. The van der Waals surface area contributed by atoms with Crippen molar-refractivity contribution < 1.29 is 9.53 Å². The summed E-state index contributed by atoms with van der Waals surface area (Å²) in [4.78, 5) is 14.0. The van der Waals surface area contributed by atoms with Crippen molar-refractivity contribution in [3.8, 4) is 0 Å². The van der Waals surface area contributed by atoms with Crippen molar-refractivity contribution in [1.29, 1.82) is 0 Å². The van der Waals surface area contributed by atoms with E-state index in [4.69, 9.17) is 4.74 Å². The second kappa shape index (κ2) is 4.74. The third kappa shape index (κ3) is 2.48. The summed E-state index contributed by atoms with van der Waals surface area (Å²) >= 11 is 1.99. The highest BCUT2D eigenvalue weighted by molar-refractivity contribution is 7.99. The molecule has 0 aromatic carbocycles. The first-order valence-electron chi connectivity index (χ1n) is 5.61. The smallest absolute Gasteiger partial charge is 0.323 e. The van der Waals surface area contributed by atoms with Crippen LogP contribution in [0, 0.1) is 5.92 Å². The van der Waals surface area contributed by atoms with Gasteiger partial charge in [-0.3, -0.25) is 9.69 Å². The molecule has 4 heteroatoms. The van der Waals surface area contributed by atoms with Crippen LogP contribution in [0.4, 0.5) is 0 Å². The minimum Gasteiger partial charge on any atom is -0.468 e. The standard InChI is InChI=1S/C11H19NO2S/c1-12(9-5-6-15-7-9)10(8-3-4-8)11(13)14-2/h8-10H,3-7H2,1-2H3.